The number of nitrogens with two attached hydrogens (primary N) is 1. The Morgan fingerprint density at radius 2 is 1.75 bits per heavy atom. The first kappa shape index (κ1) is 38.2. The van der Waals surface area contributed by atoms with Crippen molar-refractivity contribution in [2.24, 2.45) is 5.90 Å². The normalized spacial score (nSPS) is 24.8. The molecular weight excluding hydrogens is 523 g/mol. The number of nitrogens with one attached hydrogen (secondary N) is 1. The van der Waals surface area contributed by atoms with Crippen LogP contribution in [0.5, 0.6) is 0 Å². The van der Waals surface area contributed by atoms with Gasteiger partial charge >= 0.3 is 57.4 Å². The summed E-state index contributed by atoms with van der Waals surface area (Å²) in [6.45, 7) is -0.552. The molecule has 0 aromatic rings. The Kier molecular flexibility index (Phi) is 23.3. The van der Waals surface area contributed by atoms with Crippen molar-refractivity contribution in [2.45, 2.75) is 48.8 Å². The van der Waals surface area contributed by atoms with Crippen molar-refractivity contribution in [3.8, 4) is 0 Å². The number of hydrogen-bond donors (Lipinski definition) is 9. The summed E-state index contributed by atoms with van der Waals surface area (Å²) in [5, 5.41) is 64.7. The van der Waals surface area contributed by atoms with Gasteiger partial charge in [0.05, 0.1) is 39.6 Å². The molecule has 4 unspecified atom stereocenters. The Morgan fingerprint density at radius 3 is 2.25 bits per heavy atom. The average molecular weight is 561 g/mol. The van der Waals surface area contributed by atoms with E-state index in [0.717, 1.165) is 7.11 Å². The maximum absolute atomic E-state index is 11.5. The van der Waals surface area contributed by atoms with Gasteiger partial charge in [0.25, 0.3) is 5.91 Å². The van der Waals surface area contributed by atoms with Gasteiger partial charge < -0.3 is 61.0 Å². The summed E-state index contributed by atoms with van der Waals surface area (Å²) < 4.78 is 19.1. The third-order valence-electron chi connectivity index (χ3n) is 4.60. The Bertz CT molecular complexity index is 597. The second kappa shape index (κ2) is 21.9. The van der Waals surface area contributed by atoms with Crippen molar-refractivity contribution < 1.29 is 127 Å². The van der Waals surface area contributed by atoms with Crippen LogP contribution in [-0.2, 0) is 38.2 Å². The van der Waals surface area contributed by atoms with Gasteiger partial charge in [0.15, 0.2) is 18.3 Å². The fraction of sp³-hybridized carbons (Fsp3) is 0.889. The van der Waals surface area contributed by atoms with E-state index in [2.05, 4.69) is 9.57 Å². The molecule has 1 aliphatic heterocycles. The number of ether oxygens (including phenoxy) is 4. The molecule has 1 saturated heterocycles. The van der Waals surface area contributed by atoms with Gasteiger partial charge in [-0.05, 0) is 0 Å². The fourth-order valence-electron chi connectivity index (χ4n) is 2.71. The van der Waals surface area contributed by atoms with Crippen molar-refractivity contribution in [1.82, 2.24) is 5.48 Å². The number of hydroxylamine groups is 1. The van der Waals surface area contributed by atoms with E-state index in [1.807, 2.05) is 5.48 Å². The maximum atomic E-state index is 11.5. The summed E-state index contributed by atoms with van der Waals surface area (Å²) in [7, 11) is 2.44. The molecule has 1 heterocycles. The topological polar surface area (TPSA) is 269 Å². The Balaban J connectivity index is -0.000000660. The largest absolute Gasteiger partial charge is 1.00 e. The number of hydrogen-bond acceptors (Lipinski definition) is 16. The van der Waals surface area contributed by atoms with E-state index < -0.39 is 73.9 Å². The molecule has 1 amide bonds. The zero-order valence-electron chi connectivity index (χ0n) is 21.3. The number of aliphatic hydroxyl groups excluding tert-OH is 7. The van der Waals surface area contributed by atoms with Crippen molar-refractivity contribution in [3.63, 3.8) is 0 Å². The second-order valence-electron chi connectivity index (χ2n) is 6.98. The van der Waals surface area contributed by atoms with Crippen molar-refractivity contribution >= 4 is 11.9 Å². The molecule has 0 aromatic carbocycles. The van der Waals surface area contributed by atoms with Gasteiger partial charge in [-0.15, -0.1) is 0 Å². The van der Waals surface area contributed by atoms with Gasteiger partial charge in [-0.2, -0.15) is 0 Å². The molecule has 0 aromatic heterocycles. The smallest absolute Gasteiger partial charge is 1.00 e. The predicted octanol–water partition coefficient (Wildman–Crippen LogP) is -9.21. The van der Waals surface area contributed by atoms with E-state index in [4.69, 9.17) is 40.3 Å². The van der Waals surface area contributed by atoms with E-state index in [0.29, 0.717) is 0 Å². The van der Waals surface area contributed by atoms with Gasteiger partial charge in [0, 0.05) is 14.2 Å². The summed E-state index contributed by atoms with van der Waals surface area (Å²) in [4.78, 5) is 31.4. The SMILES string of the molecule is CO[C@@H]1C(CO)OC(=O)C(O)[C@H]1O.CO[C@H](C(O)CO)[C@H](O)C(O)C(=O)NOCCOCCON.[H-].[K+]. The summed E-state index contributed by atoms with van der Waals surface area (Å²) >= 11 is 0. The monoisotopic (exact) mass is 560 g/mol. The van der Waals surface area contributed by atoms with Crippen LogP contribution in [0, 0.1) is 0 Å². The molecule has 0 saturated carbocycles. The Labute approximate surface area is 251 Å². The van der Waals surface area contributed by atoms with E-state index in [1.165, 1.54) is 7.11 Å². The van der Waals surface area contributed by atoms with Gasteiger partial charge in [0.2, 0.25) is 0 Å². The van der Waals surface area contributed by atoms with Crippen LogP contribution in [0.3, 0.4) is 0 Å². The second-order valence-corrected chi connectivity index (χ2v) is 6.98. The van der Waals surface area contributed by atoms with E-state index in [-0.39, 0.29) is 79.2 Å². The van der Waals surface area contributed by atoms with Crippen molar-refractivity contribution in [1.29, 1.82) is 0 Å². The van der Waals surface area contributed by atoms with Crippen LogP contribution >= 0.6 is 0 Å². The molecule has 17 nitrogen and oxygen atoms in total. The van der Waals surface area contributed by atoms with Crippen LogP contribution in [0.1, 0.15) is 1.43 Å². The van der Waals surface area contributed by atoms with Gasteiger partial charge in [-0.3, -0.25) is 9.63 Å². The number of esters is 1. The minimum Gasteiger partial charge on any atom is -1.00 e. The molecule has 0 radical (unpaired) electrons. The molecule has 1 aliphatic rings. The summed E-state index contributed by atoms with van der Waals surface area (Å²) in [6, 6.07) is 0. The molecule has 0 aliphatic carbocycles. The summed E-state index contributed by atoms with van der Waals surface area (Å²) in [5.41, 5.74) is 1.91. The first-order valence-corrected chi connectivity index (χ1v) is 10.3. The number of cyclic esters (lactones) is 1. The summed E-state index contributed by atoms with van der Waals surface area (Å²) in [5.74, 6) is 2.79. The van der Waals surface area contributed by atoms with Crippen LogP contribution in [0.25, 0.3) is 0 Å². The molecule has 210 valence electrons. The fourth-order valence-corrected chi connectivity index (χ4v) is 2.71. The van der Waals surface area contributed by atoms with Gasteiger partial charge in [-0.25, -0.2) is 16.2 Å². The van der Waals surface area contributed by atoms with Gasteiger partial charge in [-0.1, -0.05) is 0 Å². The molecule has 0 bridgehead atoms. The minimum atomic E-state index is -1.92. The molecule has 18 heteroatoms. The van der Waals surface area contributed by atoms with Crippen LogP contribution in [0.4, 0.5) is 0 Å². The predicted molar refractivity (Wildman–Crippen MR) is 112 cm³/mol. The maximum Gasteiger partial charge on any atom is 1.00 e. The van der Waals surface area contributed by atoms with E-state index in [9.17, 15) is 30.0 Å². The third-order valence-corrected chi connectivity index (χ3v) is 4.60. The quantitative estimate of drug-likeness (QED) is 0.0389. The van der Waals surface area contributed by atoms with Gasteiger partial charge in [0.1, 0.15) is 30.5 Å². The standard InChI is InChI=1S/C11H24N2O9.C7H12O6.K.H/c1-19-10(7(15)6-14)8(16)9(17)11(18)13-22-5-3-20-2-4-21-12;1-12-6-3(2-8)13-7(11)5(10)4(6)9;;/h7-10,14-17H,2-6,12H2,1H3,(H,13,18);3-6,8-10H,2H2,1H3;;/q;;+1;-1/t7?,8-,9?,10-;3?,4-,5?,6-;;/m11../s1. The zero-order valence-corrected chi connectivity index (χ0v) is 23.5. The third kappa shape index (κ3) is 13.2. The first-order chi connectivity index (χ1) is 16.6. The minimum absolute atomic E-state index is 0. The van der Waals surface area contributed by atoms with Crippen molar-refractivity contribution in [3.05, 3.63) is 0 Å². The Morgan fingerprint density at radius 1 is 1.14 bits per heavy atom. The number of aliphatic hydroxyl groups is 7. The van der Waals surface area contributed by atoms with Crippen LogP contribution in [0.15, 0.2) is 0 Å². The number of carbonyl (C=O) groups is 2. The van der Waals surface area contributed by atoms with Crippen molar-refractivity contribution in [2.75, 3.05) is 53.9 Å². The van der Waals surface area contributed by atoms with Crippen LogP contribution in [0.2, 0.25) is 0 Å². The average Bonchev–Trinajstić information content (AvgIpc) is 2.86. The molecule has 36 heavy (non-hydrogen) atoms. The molecular formula is C18H37KN2O15. The molecule has 10 N–H and O–H groups in total. The number of carbonyl (C=O) groups excluding carboxylic acids is 2. The number of methoxy groups -OCH3 is 2. The number of rotatable bonds is 15. The van der Waals surface area contributed by atoms with Crippen LogP contribution < -0.4 is 62.8 Å². The summed E-state index contributed by atoms with van der Waals surface area (Å²) in [6.07, 6.45) is -11.2. The molecule has 1 fully saturated rings. The first-order valence-electron chi connectivity index (χ1n) is 10.3. The molecule has 1 rings (SSSR count). The molecule has 8 atom stereocenters. The van der Waals surface area contributed by atoms with Crippen LogP contribution in [-0.4, -0.2) is 150 Å². The number of amides is 1. The zero-order chi connectivity index (χ0) is 27.0. The van der Waals surface area contributed by atoms with E-state index in [1.54, 1.807) is 0 Å². The molecule has 0 spiro atoms. The Hall–Kier alpha value is 0.0564. The van der Waals surface area contributed by atoms with E-state index >= 15 is 0 Å².